The summed E-state index contributed by atoms with van der Waals surface area (Å²) in [5.74, 6) is 0.677. The predicted molar refractivity (Wildman–Crippen MR) is 102 cm³/mol. The minimum Gasteiger partial charge on any atom is -0.490 e. The molecule has 0 spiro atoms. The minimum absolute atomic E-state index is 0.00549. The molecule has 0 bridgehead atoms. The van der Waals surface area contributed by atoms with E-state index in [0.717, 1.165) is 12.0 Å². The number of aryl methyl sites for hydroxylation is 1. The van der Waals surface area contributed by atoms with Crippen LogP contribution in [0, 0.1) is 6.92 Å². The molecular formula is C19H22N2O5S. The van der Waals surface area contributed by atoms with Gasteiger partial charge in [0.2, 0.25) is 15.9 Å². The van der Waals surface area contributed by atoms with E-state index in [1.165, 1.54) is 12.1 Å². The van der Waals surface area contributed by atoms with E-state index in [4.69, 9.17) is 9.47 Å². The van der Waals surface area contributed by atoms with E-state index in [1.807, 2.05) is 19.1 Å². The van der Waals surface area contributed by atoms with Crippen LogP contribution in [0.25, 0.3) is 0 Å². The molecule has 0 saturated heterocycles. The number of hydrogen-bond acceptors (Lipinski definition) is 5. The average Bonchev–Trinajstić information content (AvgIpc) is 2.88. The lowest BCUT2D eigenvalue weighted by Gasteiger charge is -2.11. The van der Waals surface area contributed by atoms with Gasteiger partial charge in [-0.05, 0) is 31.2 Å². The summed E-state index contributed by atoms with van der Waals surface area (Å²) in [5.41, 5.74) is 1.77. The summed E-state index contributed by atoms with van der Waals surface area (Å²) in [6.07, 6.45) is 0.767. The first kappa shape index (κ1) is 19.2. The SMILES string of the molecule is Cc1ccc(NC(=O)CCNS(=O)(=O)c2ccc3c(c2)OCCCO3)cc1. The Labute approximate surface area is 158 Å². The number of fused-ring (bicyclic) bond motifs is 1. The van der Waals surface area contributed by atoms with Crippen LogP contribution in [0.5, 0.6) is 11.5 Å². The summed E-state index contributed by atoms with van der Waals surface area (Å²) < 4.78 is 38.3. The number of anilines is 1. The molecule has 7 nitrogen and oxygen atoms in total. The van der Waals surface area contributed by atoms with Crippen LogP contribution in [-0.4, -0.2) is 34.1 Å². The molecule has 1 aliphatic heterocycles. The molecule has 0 radical (unpaired) electrons. The zero-order valence-electron chi connectivity index (χ0n) is 15.0. The first-order valence-corrected chi connectivity index (χ1v) is 10.2. The Morgan fingerprint density at radius 1 is 1.04 bits per heavy atom. The number of benzene rings is 2. The Hall–Kier alpha value is -2.58. The lowest BCUT2D eigenvalue weighted by molar-refractivity contribution is -0.116. The van der Waals surface area contributed by atoms with Crippen LogP contribution in [0.4, 0.5) is 5.69 Å². The zero-order chi connectivity index (χ0) is 19.3. The van der Waals surface area contributed by atoms with Crippen molar-refractivity contribution in [1.82, 2.24) is 4.72 Å². The highest BCUT2D eigenvalue weighted by molar-refractivity contribution is 7.89. The molecule has 0 aliphatic carbocycles. The van der Waals surface area contributed by atoms with Gasteiger partial charge in [0.05, 0.1) is 18.1 Å². The van der Waals surface area contributed by atoms with Gasteiger partial charge in [0.15, 0.2) is 11.5 Å². The van der Waals surface area contributed by atoms with E-state index in [9.17, 15) is 13.2 Å². The third kappa shape index (κ3) is 5.21. The second-order valence-electron chi connectivity index (χ2n) is 6.22. The summed E-state index contributed by atoms with van der Waals surface area (Å²) in [4.78, 5) is 12.0. The van der Waals surface area contributed by atoms with Gasteiger partial charge in [-0.25, -0.2) is 13.1 Å². The van der Waals surface area contributed by atoms with Crippen molar-refractivity contribution in [3.05, 3.63) is 48.0 Å². The van der Waals surface area contributed by atoms with Gasteiger partial charge in [-0.1, -0.05) is 17.7 Å². The standard InChI is InChI=1S/C19H22N2O5S/c1-14-3-5-15(6-4-14)21-19(22)9-10-20-27(23,24)16-7-8-17-18(13-16)26-12-2-11-25-17/h3-8,13,20H,2,9-12H2,1H3,(H,21,22). The Morgan fingerprint density at radius 3 is 2.48 bits per heavy atom. The van der Waals surface area contributed by atoms with Crippen LogP contribution >= 0.6 is 0 Å². The second-order valence-corrected chi connectivity index (χ2v) is 7.99. The van der Waals surface area contributed by atoms with Gasteiger partial charge in [-0.3, -0.25) is 4.79 Å². The van der Waals surface area contributed by atoms with Crippen molar-refractivity contribution in [2.75, 3.05) is 25.1 Å². The van der Waals surface area contributed by atoms with E-state index >= 15 is 0 Å². The summed E-state index contributed by atoms with van der Waals surface area (Å²) in [7, 11) is -3.75. The Balaban J connectivity index is 1.56. The maximum atomic E-state index is 12.4. The molecule has 2 N–H and O–H groups in total. The molecule has 3 rings (SSSR count). The topological polar surface area (TPSA) is 93.7 Å². The van der Waals surface area contributed by atoms with E-state index in [1.54, 1.807) is 18.2 Å². The molecule has 1 amide bonds. The Morgan fingerprint density at radius 2 is 1.74 bits per heavy atom. The summed E-state index contributed by atoms with van der Waals surface area (Å²) in [6.45, 7) is 2.96. The highest BCUT2D eigenvalue weighted by Gasteiger charge is 2.18. The van der Waals surface area contributed by atoms with Gasteiger partial charge in [-0.2, -0.15) is 0 Å². The molecule has 0 aromatic heterocycles. The number of sulfonamides is 1. The van der Waals surface area contributed by atoms with Crippen LogP contribution in [-0.2, 0) is 14.8 Å². The molecule has 144 valence electrons. The van der Waals surface area contributed by atoms with Crippen molar-refractivity contribution in [2.45, 2.75) is 24.7 Å². The first-order chi connectivity index (χ1) is 12.9. The zero-order valence-corrected chi connectivity index (χ0v) is 15.8. The minimum atomic E-state index is -3.75. The van der Waals surface area contributed by atoms with Crippen molar-refractivity contribution < 1.29 is 22.7 Å². The van der Waals surface area contributed by atoms with Gasteiger partial charge < -0.3 is 14.8 Å². The van der Waals surface area contributed by atoms with Crippen molar-refractivity contribution >= 4 is 21.6 Å². The average molecular weight is 390 g/mol. The van der Waals surface area contributed by atoms with Crippen LogP contribution in [0.2, 0.25) is 0 Å². The molecule has 2 aromatic rings. The molecule has 1 aliphatic rings. The van der Waals surface area contributed by atoms with Gasteiger partial charge >= 0.3 is 0 Å². The fraction of sp³-hybridized carbons (Fsp3) is 0.316. The van der Waals surface area contributed by atoms with Crippen LogP contribution in [0.15, 0.2) is 47.4 Å². The third-order valence-electron chi connectivity index (χ3n) is 4.01. The number of amides is 1. The lowest BCUT2D eigenvalue weighted by atomic mass is 10.2. The Kier molecular flexibility index (Phi) is 5.98. The number of hydrogen-bond donors (Lipinski definition) is 2. The van der Waals surface area contributed by atoms with E-state index < -0.39 is 10.0 Å². The predicted octanol–water partition coefficient (Wildman–Crippen LogP) is 2.46. The first-order valence-electron chi connectivity index (χ1n) is 8.70. The maximum Gasteiger partial charge on any atom is 0.240 e. The number of ether oxygens (including phenoxy) is 2. The lowest BCUT2D eigenvalue weighted by Crippen LogP contribution is -2.27. The number of carbonyl (C=O) groups is 1. The van der Waals surface area contributed by atoms with Crippen LogP contribution < -0.4 is 19.5 Å². The molecule has 0 fully saturated rings. The number of nitrogens with one attached hydrogen (secondary N) is 2. The summed E-state index contributed by atoms with van der Waals surface area (Å²) >= 11 is 0. The molecule has 2 aromatic carbocycles. The highest BCUT2D eigenvalue weighted by Crippen LogP contribution is 2.31. The largest absolute Gasteiger partial charge is 0.490 e. The van der Waals surface area contributed by atoms with Crippen molar-refractivity contribution in [3.8, 4) is 11.5 Å². The number of rotatable bonds is 6. The Bertz CT molecular complexity index is 910. The van der Waals surface area contributed by atoms with Crippen molar-refractivity contribution in [1.29, 1.82) is 0 Å². The van der Waals surface area contributed by atoms with E-state index in [2.05, 4.69) is 10.0 Å². The van der Waals surface area contributed by atoms with Gasteiger partial charge in [0, 0.05) is 31.1 Å². The van der Waals surface area contributed by atoms with Gasteiger partial charge in [0.25, 0.3) is 0 Å². The van der Waals surface area contributed by atoms with Gasteiger partial charge in [0.1, 0.15) is 0 Å². The maximum absolute atomic E-state index is 12.4. The van der Waals surface area contributed by atoms with E-state index in [0.29, 0.717) is 30.4 Å². The smallest absolute Gasteiger partial charge is 0.240 e. The molecular weight excluding hydrogens is 368 g/mol. The molecule has 0 atom stereocenters. The second kappa shape index (κ2) is 8.41. The quantitative estimate of drug-likeness (QED) is 0.790. The van der Waals surface area contributed by atoms with Crippen LogP contribution in [0.1, 0.15) is 18.4 Å². The summed E-state index contributed by atoms with van der Waals surface area (Å²) in [6, 6.07) is 11.9. The molecule has 1 heterocycles. The molecule has 8 heteroatoms. The number of carbonyl (C=O) groups excluding carboxylic acids is 1. The highest BCUT2D eigenvalue weighted by atomic mass is 32.2. The van der Waals surface area contributed by atoms with Crippen molar-refractivity contribution in [3.63, 3.8) is 0 Å². The van der Waals surface area contributed by atoms with Gasteiger partial charge in [-0.15, -0.1) is 0 Å². The molecule has 0 saturated carbocycles. The van der Waals surface area contributed by atoms with Crippen LogP contribution in [0.3, 0.4) is 0 Å². The van der Waals surface area contributed by atoms with E-state index in [-0.39, 0.29) is 23.8 Å². The normalized spacial score (nSPS) is 13.7. The monoisotopic (exact) mass is 390 g/mol. The van der Waals surface area contributed by atoms with Crippen molar-refractivity contribution in [2.24, 2.45) is 0 Å². The fourth-order valence-electron chi connectivity index (χ4n) is 2.55. The third-order valence-corrected chi connectivity index (χ3v) is 5.47. The molecule has 27 heavy (non-hydrogen) atoms. The fourth-order valence-corrected chi connectivity index (χ4v) is 3.60. The molecule has 0 unspecified atom stereocenters. The summed E-state index contributed by atoms with van der Waals surface area (Å²) in [5, 5.41) is 2.73.